The molecule has 0 nitrogen and oxygen atoms in total. The van der Waals surface area contributed by atoms with E-state index in [4.69, 9.17) is 0 Å². The molecule has 0 aliphatic rings. The maximum atomic E-state index is 0. The molecule has 0 aliphatic heterocycles. The van der Waals surface area contributed by atoms with Crippen molar-refractivity contribution in [2.24, 2.45) is 0 Å². The second kappa shape index (κ2) is 39.5. The molecule has 0 bridgehead atoms. The quantitative estimate of drug-likeness (QED) is 0.453. The fourth-order valence-electron chi connectivity index (χ4n) is 0. The van der Waals surface area contributed by atoms with Crippen molar-refractivity contribution in [1.82, 2.24) is 0 Å². The Labute approximate surface area is 114 Å². The number of rotatable bonds is 0. The van der Waals surface area contributed by atoms with Gasteiger partial charge in [-0.3, -0.25) is 0 Å². The van der Waals surface area contributed by atoms with Crippen LogP contribution in [-0.4, -0.2) is 8.41 Å². The van der Waals surface area contributed by atoms with E-state index in [1.165, 1.54) is 0 Å². The van der Waals surface area contributed by atoms with Crippen molar-refractivity contribution >= 4 is 8.41 Å². The van der Waals surface area contributed by atoms with E-state index in [1.54, 1.807) is 0 Å². The predicted molar refractivity (Wildman–Crippen MR) is 9.94 cm³/mol. The molecular formula is H3BCuFeNdNi2. The van der Waals surface area contributed by atoms with Crippen molar-refractivity contribution in [3.05, 3.63) is 0 Å². The summed E-state index contributed by atoms with van der Waals surface area (Å²) in [6, 6.07) is 0. The molecule has 0 heterocycles. The van der Waals surface area contributed by atoms with Gasteiger partial charge in [0.05, 0.1) is 8.41 Å². The summed E-state index contributed by atoms with van der Waals surface area (Å²) in [5, 5.41) is 0. The summed E-state index contributed by atoms with van der Waals surface area (Å²) < 4.78 is 0. The average molecular weight is 395 g/mol. The van der Waals surface area contributed by atoms with E-state index in [0.29, 0.717) is 0 Å². The van der Waals surface area contributed by atoms with Crippen LogP contribution in [0.4, 0.5) is 0 Å². The van der Waals surface area contributed by atoms with E-state index in [1.807, 2.05) is 0 Å². The van der Waals surface area contributed by atoms with Gasteiger partial charge >= 0.3 is 0 Å². The summed E-state index contributed by atoms with van der Waals surface area (Å²) in [4.78, 5) is 0. The van der Waals surface area contributed by atoms with Gasteiger partial charge in [-0.05, 0) is 0 Å². The van der Waals surface area contributed by atoms with Gasteiger partial charge in [0.15, 0.2) is 0 Å². The number of hydrogen-bond acceptors (Lipinski definition) is 0. The molecule has 49 valence electrons. The van der Waals surface area contributed by atoms with E-state index in [2.05, 4.69) is 0 Å². The van der Waals surface area contributed by atoms with Crippen molar-refractivity contribution < 1.29 is 108 Å². The monoisotopic (exact) mass is 391 g/mol. The van der Waals surface area contributed by atoms with Gasteiger partial charge < -0.3 is 0 Å². The van der Waals surface area contributed by atoms with Crippen molar-refractivity contribution in [2.75, 3.05) is 0 Å². The first-order valence-electron chi connectivity index (χ1n) is 0. The largest absolute Gasteiger partial charge is 0.0814 e. The molecule has 0 aromatic heterocycles. The maximum Gasteiger partial charge on any atom is 0.0814 e. The summed E-state index contributed by atoms with van der Waals surface area (Å²) in [7, 11) is 0. The summed E-state index contributed by atoms with van der Waals surface area (Å²) >= 11 is 0. The standard InChI is InChI=1S/BH3.Cu.Fe.Nd.2Ni/h1H3;;;;;. The zero-order valence-electron chi connectivity index (χ0n) is 1.79. The first-order valence-corrected chi connectivity index (χ1v) is 0. The minimum absolute atomic E-state index is 0. The van der Waals surface area contributed by atoms with Gasteiger partial charge in [-0.2, -0.15) is 0 Å². The molecule has 0 aromatic carbocycles. The maximum absolute atomic E-state index is 0. The van der Waals surface area contributed by atoms with Gasteiger partial charge in [0.2, 0.25) is 0 Å². The van der Waals surface area contributed by atoms with Crippen LogP contribution in [0.2, 0.25) is 0 Å². The van der Waals surface area contributed by atoms with Crippen molar-refractivity contribution in [3.63, 3.8) is 0 Å². The third-order valence-electron chi connectivity index (χ3n) is 0. The van der Waals surface area contributed by atoms with Crippen molar-refractivity contribution in [3.8, 4) is 0 Å². The summed E-state index contributed by atoms with van der Waals surface area (Å²) in [6.45, 7) is 0. The fraction of sp³-hybridized carbons (Fsp3) is 0. The van der Waals surface area contributed by atoms with E-state index >= 15 is 0 Å². The van der Waals surface area contributed by atoms with E-state index in [9.17, 15) is 0 Å². The Hall–Kier alpha value is 3.44. The Balaban J connectivity index is 0. The third kappa shape index (κ3) is 26.1. The minimum atomic E-state index is 0. The smallest absolute Gasteiger partial charge is 0 e. The van der Waals surface area contributed by atoms with Gasteiger partial charge in [0, 0.05) is 108 Å². The molecule has 0 N–H and O–H groups in total. The average Bonchev–Trinajstić information content (AvgIpc) is 0. The molecule has 0 amide bonds. The van der Waals surface area contributed by atoms with Crippen molar-refractivity contribution in [2.45, 2.75) is 0 Å². The molecule has 0 rings (SSSR count). The Morgan fingerprint density at radius 2 is 0.833 bits per heavy atom. The van der Waals surface area contributed by atoms with Gasteiger partial charge in [0.25, 0.3) is 0 Å². The summed E-state index contributed by atoms with van der Waals surface area (Å²) in [5.74, 6) is 0. The molecular weight excluding hydrogens is 392 g/mol. The Morgan fingerprint density at radius 3 is 0.833 bits per heavy atom. The molecule has 0 atom stereocenters. The molecule has 0 fully saturated rings. The molecule has 1 radical (unpaired) electrons. The molecule has 0 unspecified atom stereocenters. The number of hydrogen-bond donors (Lipinski definition) is 0. The summed E-state index contributed by atoms with van der Waals surface area (Å²) in [6.07, 6.45) is 0. The van der Waals surface area contributed by atoms with Crippen LogP contribution in [0.5, 0.6) is 0 Å². The van der Waals surface area contributed by atoms with Crippen LogP contribution in [0, 0.1) is 40.8 Å². The second-order valence-electron chi connectivity index (χ2n) is 0. The Morgan fingerprint density at radius 1 is 0.833 bits per heavy atom. The van der Waals surface area contributed by atoms with Crippen molar-refractivity contribution in [1.29, 1.82) is 0 Å². The molecule has 0 saturated heterocycles. The SMILES string of the molecule is B.[Cu].[Fe].[Nd].[Ni].[Ni]. The van der Waals surface area contributed by atoms with Crippen LogP contribution < -0.4 is 0 Å². The van der Waals surface area contributed by atoms with Crippen LogP contribution in [0.15, 0.2) is 0 Å². The molecule has 6 heavy (non-hydrogen) atoms. The van der Waals surface area contributed by atoms with Gasteiger partial charge in [-0.15, -0.1) is 0 Å². The predicted octanol–water partition coefficient (Wildman–Crippen LogP) is -1.19. The van der Waals surface area contributed by atoms with Gasteiger partial charge in [0.1, 0.15) is 0 Å². The topological polar surface area (TPSA) is 0 Å². The molecule has 6 heteroatoms. The van der Waals surface area contributed by atoms with Crippen LogP contribution in [-0.2, 0) is 67.1 Å². The first kappa shape index (κ1) is 56.8. The fourth-order valence-corrected chi connectivity index (χ4v) is 0. The molecule has 0 aliphatic carbocycles. The van der Waals surface area contributed by atoms with Crippen LogP contribution in [0.3, 0.4) is 0 Å². The van der Waals surface area contributed by atoms with E-state index in [0.717, 1.165) is 0 Å². The van der Waals surface area contributed by atoms with Gasteiger partial charge in [-0.25, -0.2) is 0 Å². The third-order valence-corrected chi connectivity index (χ3v) is 0. The van der Waals surface area contributed by atoms with E-state index < -0.39 is 0 Å². The zero-order chi connectivity index (χ0) is 0. The minimum Gasteiger partial charge on any atom is 0 e. The summed E-state index contributed by atoms with van der Waals surface area (Å²) in [5.41, 5.74) is 0. The van der Waals surface area contributed by atoms with Gasteiger partial charge in [-0.1, -0.05) is 0 Å². The van der Waals surface area contributed by atoms with Crippen LogP contribution >= 0.6 is 0 Å². The second-order valence-corrected chi connectivity index (χ2v) is 0. The Bertz CT molecular complexity index is 13.5. The van der Waals surface area contributed by atoms with Crippen LogP contribution in [0.1, 0.15) is 0 Å². The molecule has 0 saturated carbocycles. The normalized spacial score (nSPS) is 0. The molecule has 0 spiro atoms. The van der Waals surface area contributed by atoms with E-state index in [-0.39, 0.29) is 116 Å². The first-order chi connectivity index (χ1) is 0. The van der Waals surface area contributed by atoms with Crippen LogP contribution in [0.25, 0.3) is 0 Å². The molecule has 0 aromatic rings. The Kier molecular flexibility index (Phi) is 374. The zero-order valence-corrected chi connectivity index (χ0v) is 9.02.